The minimum Gasteiger partial charge on any atom is -0.480 e. The molecule has 0 fully saturated rings. The van der Waals surface area contributed by atoms with Gasteiger partial charge in [-0.05, 0) is 38.2 Å². The van der Waals surface area contributed by atoms with Crippen molar-refractivity contribution in [3.63, 3.8) is 0 Å². The van der Waals surface area contributed by atoms with Crippen molar-refractivity contribution in [3.8, 4) is 0 Å². The Balaban J connectivity index is 4.52. The van der Waals surface area contributed by atoms with E-state index in [1.165, 1.54) is 38.5 Å². The maximum Gasteiger partial charge on any atom is 0.472 e. The van der Waals surface area contributed by atoms with Gasteiger partial charge in [-0.25, -0.2) is 9.36 Å². The van der Waals surface area contributed by atoms with Gasteiger partial charge in [0.1, 0.15) is 12.6 Å². The molecule has 0 aromatic carbocycles. The fourth-order valence-electron chi connectivity index (χ4n) is 3.89. The average Bonchev–Trinajstić information content (AvgIpc) is 3.00. The summed E-state index contributed by atoms with van der Waals surface area (Å²) in [5.41, 5.74) is 5.23. The number of carboxylic acid groups (broad SMARTS) is 2. The van der Waals surface area contributed by atoms with Crippen molar-refractivity contribution in [3.05, 3.63) is 24.3 Å². The van der Waals surface area contributed by atoms with Gasteiger partial charge in [0, 0.05) is 18.9 Å². The number of unbranched alkanes of at least 4 members (excludes halogenated alkanes) is 11. The summed E-state index contributed by atoms with van der Waals surface area (Å²) in [6, 6.07) is -1.59. The minimum atomic E-state index is -4.82. The molecule has 46 heavy (non-hydrogen) atoms. The second-order valence-corrected chi connectivity index (χ2v) is 12.2. The van der Waals surface area contributed by atoms with E-state index in [0.29, 0.717) is 12.5 Å². The van der Waals surface area contributed by atoms with Crippen LogP contribution in [-0.4, -0.2) is 76.7 Å². The molecular formula is C31H52NO13P. The van der Waals surface area contributed by atoms with E-state index in [1.807, 2.05) is 0 Å². The first kappa shape index (κ1) is 43.1. The molecule has 0 aliphatic carbocycles. The number of carbonyl (C=O) groups is 5. The molecule has 0 aromatic heterocycles. The smallest absolute Gasteiger partial charge is 0.472 e. The predicted molar refractivity (Wildman–Crippen MR) is 169 cm³/mol. The van der Waals surface area contributed by atoms with Gasteiger partial charge < -0.3 is 30.3 Å². The molecule has 0 spiro atoms. The van der Waals surface area contributed by atoms with E-state index in [2.05, 4.69) is 23.6 Å². The molecule has 0 saturated heterocycles. The van der Waals surface area contributed by atoms with E-state index in [9.17, 15) is 33.4 Å². The number of carbonyl (C=O) groups excluding carboxylic acids is 3. The number of ether oxygens (including phenoxy) is 2. The van der Waals surface area contributed by atoms with Crippen LogP contribution in [0.3, 0.4) is 0 Å². The third kappa shape index (κ3) is 27.4. The number of hydrogen-bond donors (Lipinski definition) is 4. The zero-order chi connectivity index (χ0) is 34.6. The van der Waals surface area contributed by atoms with Crippen LogP contribution in [0.1, 0.15) is 110 Å². The molecule has 3 atom stereocenters. The van der Waals surface area contributed by atoms with Gasteiger partial charge in [0.25, 0.3) is 0 Å². The summed E-state index contributed by atoms with van der Waals surface area (Å²) in [6.45, 7) is 0.0735. The lowest BCUT2D eigenvalue weighted by Gasteiger charge is -2.20. The molecule has 5 N–H and O–H groups in total. The first-order valence-electron chi connectivity index (χ1n) is 15.9. The average molecular weight is 678 g/mol. The van der Waals surface area contributed by atoms with Gasteiger partial charge in [-0.3, -0.25) is 28.2 Å². The predicted octanol–water partition coefficient (Wildman–Crippen LogP) is 5.01. The number of phosphoric acid groups is 1. The van der Waals surface area contributed by atoms with Crippen molar-refractivity contribution >= 4 is 37.5 Å². The molecule has 0 heterocycles. The molecule has 15 heteroatoms. The van der Waals surface area contributed by atoms with Crippen LogP contribution in [0.5, 0.6) is 0 Å². The number of esters is 2. The summed E-state index contributed by atoms with van der Waals surface area (Å²) in [7, 11) is -4.82. The Kier molecular flexibility index (Phi) is 25.5. The van der Waals surface area contributed by atoms with E-state index < -0.39 is 75.9 Å². The van der Waals surface area contributed by atoms with E-state index in [1.54, 1.807) is 0 Å². The van der Waals surface area contributed by atoms with Crippen LogP contribution in [-0.2, 0) is 47.1 Å². The third-order valence-electron chi connectivity index (χ3n) is 6.52. The Labute approximate surface area is 271 Å². The molecule has 1 unspecified atom stereocenters. The van der Waals surface area contributed by atoms with E-state index in [0.717, 1.165) is 44.6 Å². The highest BCUT2D eigenvalue weighted by atomic mass is 31.2. The number of hydrogen-bond acceptors (Lipinski definition) is 11. The first-order valence-corrected chi connectivity index (χ1v) is 17.4. The van der Waals surface area contributed by atoms with Crippen LogP contribution >= 0.6 is 7.82 Å². The number of nitrogens with two attached hydrogens (primary N) is 1. The number of phosphoric ester groups is 1. The summed E-state index contributed by atoms with van der Waals surface area (Å²) in [6.07, 6.45) is 18.2. The van der Waals surface area contributed by atoms with Gasteiger partial charge in [-0.2, -0.15) is 0 Å². The molecule has 0 radical (unpaired) electrons. The van der Waals surface area contributed by atoms with E-state index >= 15 is 0 Å². The summed E-state index contributed by atoms with van der Waals surface area (Å²) >= 11 is 0. The molecule has 264 valence electrons. The van der Waals surface area contributed by atoms with Crippen molar-refractivity contribution in [2.75, 3.05) is 19.8 Å². The largest absolute Gasteiger partial charge is 0.480 e. The molecule has 14 nitrogen and oxygen atoms in total. The highest BCUT2D eigenvalue weighted by Crippen LogP contribution is 2.43. The molecule has 0 bridgehead atoms. The monoisotopic (exact) mass is 677 g/mol. The fraction of sp³-hybridized carbons (Fsp3) is 0.710. The van der Waals surface area contributed by atoms with E-state index in [-0.39, 0.29) is 12.8 Å². The molecule has 0 aliphatic heterocycles. The second kappa shape index (κ2) is 27.2. The van der Waals surface area contributed by atoms with Gasteiger partial charge in [-0.1, -0.05) is 70.4 Å². The van der Waals surface area contributed by atoms with Crippen LogP contribution in [0.4, 0.5) is 0 Å². The van der Waals surface area contributed by atoms with Crippen molar-refractivity contribution in [2.45, 2.75) is 122 Å². The third-order valence-corrected chi connectivity index (χ3v) is 7.47. The van der Waals surface area contributed by atoms with Crippen molar-refractivity contribution in [1.82, 2.24) is 0 Å². The topological polar surface area (TPSA) is 226 Å². The minimum absolute atomic E-state index is 0.110. The zero-order valence-corrected chi connectivity index (χ0v) is 27.7. The Morgan fingerprint density at radius 1 is 0.717 bits per heavy atom. The normalized spacial score (nSPS) is 14.2. The Bertz CT molecular complexity index is 1010. The highest BCUT2D eigenvalue weighted by molar-refractivity contribution is 7.47. The highest BCUT2D eigenvalue weighted by Gasteiger charge is 2.28. The van der Waals surface area contributed by atoms with Gasteiger partial charge in [0.05, 0.1) is 19.6 Å². The SMILES string of the molecule is CCCCCCCC/C=C\CCCCCCCC(=O)OC[C@H](COP(=O)(O)OC[C@H](N)C(=O)O)OC(=O)CCC(=O)/C=C/C(=O)O. The van der Waals surface area contributed by atoms with Crippen LogP contribution < -0.4 is 5.73 Å². The van der Waals surface area contributed by atoms with Crippen molar-refractivity contribution in [1.29, 1.82) is 0 Å². The van der Waals surface area contributed by atoms with Crippen LogP contribution in [0.25, 0.3) is 0 Å². The summed E-state index contributed by atoms with van der Waals surface area (Å²) in [5, 5.41) is 17.3. The molecular weight excluding hydrogens is 625 g/mol. The quantitative estimate of drug-likeness (QED) is 0.0258. The number of ketones is 1. The van der Waals surface area contributed by atoms with Crippen LogP contribution in [0, 0.1) is 0 Å². The van der Waals surface area contributed by atoms with Gasteiger partial charge in [0.2, 0.25) is 0 Å². The zero-order valence-electron chi connectivity index (χ0n) is 26.8. The lowest BCUT2D eigenvalue weighted by molar-refractivity contribution is -0.161. The fourth-order valence-corrected chi connectivity index (χ4v) is 4.67. The molecule has 0 amide bonds. The number of allylic oxidation sites excluding steroid dienone is 3. The van der Waals surface area contributed by atoms with Crippen molar-refractivity contribution in [2.24, 2.45) is 5.73 Å². The van der Waals surface area contributed by atoms with Gasteiger partial charge >= 0.3 is 31.7 Å². The molecule has 0 aliphatic rings. The van der Waals surface area contributed by atoms with Crippen LogP contribution in [0.2, 0.25) is 0 Å². The Morgan fingerprint density at radius 3 is 1.87 bits per heavy atom. The number of aliphatic carboxylic acids is 2. The maximum atomic E-state index is 12.2. The Hall–Kier alpha value is -2.90. The summed E-state index contributed by atoms with van der Waals surface area (Å²) < 4.78 is 31.6. The Morgan fingerprint density at radius 2 is 1.28 bits per heavy atom. The molecule has 0 saturated carbocycles. The standard InChI is InChI=1S/C31H52NO13P/c1-2-3-4-5-6-7-8-9-10-11-12-13-14-15-16-17-29(36)42-22-26(23-43-46(40,41)44-24-27(32)31(38)39)45-30(37)21-19-25(33)18-20-28(34)35/h9-10,18,20,26-27H,2-8,11-17,19,21-24,32H2,1H3,(H,34,35)(H,38,39)(H,40,41)/b10-9-,20-18+/t26-,27+/m1/s1. The molecule has 0 rings (SSSR count). The first-order chi connectivity index (χ1) is 21.9. The van der Waals surface area contributed by atoms with Crippen LogP contribution in [0.15, 0.2) is 24.3 Å². The lowest BCUT2D eigenvalue weighted by atomic mass is 10.1. The van der Waals surface area contributed by atoms with Gasteiger partial charge in [-0.15, -0.1) is 0 Å². The van der Waals surface area contributed by atoms with Crippen molar-refractivity contribution < 1.29 is 62.2 Å². The number of carboxylic acids is 2. The van der Waals surface area contributed by atoms with E-state index in [4.69, 9.17) is 29.9 Å². The van der Waals surface area contributed by atoms with Gasteiger partial charge in [0.15, 0.2) is 11.9 Å². The second-order valence-electron chi connectivity index (χ2n) is 10.8. The lowest BCUT2D eigenvalue weighted by Crippen LogP contribution is -2.34. The summed E-state index contributed by atoms with van der Waals surface area (Å²) in [5.74, 6) is -4.99. The molecule has 0 aromatic rings. The summed E-state index contributed by atoms with van der Waals surface area (Å²) in [4.78, 5) is 67.2. The maximum absolute atomic E-state index is 12.2. The number of rotatable bonds is 30.